The number of benzene rings is 1. The molecule has 6 heteroatoms. The van der Waals surface area contributed by atoms with E-state index < -0.39 is 11.9 Å². The van der Waals surface area contributed by atoms with E-state index in [0.717, 1.165) is 16.8 Å². The first kappa shape index (κ1) is 19.4. The van der Waals surface area contributed by atoms with E-state index in [1.54, 1.807) is 0 Å². The molecule has 0 radical (unpaired) electrons. The van der Waals surface area contributed by atoms with Gasteiger partial charge in [-0.25, -0.2) is 4.79 Å². The molecule has 2 aliphatic heterocycles. The lowest BCUT2D eigenvalue weighted by Gasteiger charge is -2.46. The zero-order valence-electron chi connectivity index (χ0n) is 17.3. The fourth-order valence-electron chi connectivity index (χ4n) is 4.70. The number of allylic oxidation sites excluding steroid dienone is 2. The fourth-order valence-corrected chi connectivity index (χ4v) is 4.70. The van der Waals surface area contributed by atoms with Crippen molar-refractivity contribution in [3.05, 3.63) is 57.9 Å². The molecular weight excluding hydrogens is 368 g/mol. The van der Waals surface area contributed by atoms with Crippen LogP contribution in [0.4, 0.5) is 0 Å². The van der Waals surface area contributed by atoms with Gasteiger partial charge in [0.25, 0.3) is 5.91 Å². The minimum atomic E-state index is -0.600. The van der Waals surface area contributed by atoms with E-state index in [4.69, 9.17) is 4.74 Å². The van der Waals surface area contributed by atoms with Gasteiger partial charge in [-0.3, -0.25) is 9.59 Å². The number of nitrogens with zero attached hydrogens (tertiary/aromatic N) is 1. The van der Waals surface area contributed by atoms with Crippen LogP contribution < -0.4 is 5.32 Å². The number of ketones is 1. The Hall–Kier alpha value is -2.89. The topological polar surface area (TPSA) is 75.7 Å². The highest BCUT2D eigenvalue weighted by atomic mass is 16.5. The number of amides is 1. The number of Topliss-reactive ketones (excluding diaryl/α,β-unsaturated/α-hetero) is 1. The standard InChI is InChI=1S/C23H26N2O4/c1-13-5-7-14(8-6-13)17-18-15(11-23(2,3)12-16(18)26)25-10-9-24-21(27)20(25)19(17)22(28)29-4/h5-8,17H,9-12H2,1-4H3,(H,24,27)/t17-/m1/s1. The molecule has 0 spiro atoms. The van der Waals surface area contributed by atoms with Gasteiger partial charge in [0.15, 0.2) is 5.78 Å². The zero-order chi connectivity index (χ0) is 20.9. The number of hydrogen-bond donors (Lipinski definition) is 1. The molecule has 1 fully saturated rings. The van der Waals surface area contributed by atoms with Gasteiger partial charge >= 0.3 is 5.97 Å². The zero-order valence-corrected chi connectivity index (χ0v) is 17.3. The summed E-state index contributed by atoms with van der Waals surface area (Å²) >= 11 is 0. The first-order valence-electron chi connectivity index (χ1n) is 9.94. The van der Waals surface area contributed by atoms with Crippen LogP contribution in [0.15, 0.2) is 46.8 Å². The molecule has 1 amide bonds. The molecule has 1 aromatic carbocycles. The van der Waals surface area contributed by atoms with E-state index >= 15 is 0 Å². The summed E-state index contributed by atoms with van der Waals surface area (Å²) in [6.45, 7) is 7.12. The predicted molar refractivity (Wildman–Crippen MR) is 108 cm³/mol. The summed E-state index contributed by atoms with van der Waals surface area (Å²) in [6, 6.07) is 7.77. The van der Waals surface area contributed by atoms with E-state index in [-0.39, 0.29) is 22.7 Å². The SMILES string of the molecule is COC(=O)C1=C2C(=O)NCCN2C2=C(C(=O)CC(C)(C)C2)[C@H]1c1ccc(C)cc1. The van der Waals surface area contributed by atoms with Crippen LogP contribution in [-0.4, -0.2) is 42.8 Å². The molecule has 29 heavy (non-hydrogen) atoms. The van der Waals surface area contributed by atoms with Gasteiger partial charge < -0.3 is 15.0 Å². The summed E-state index contributed by atoms with van der Waals surface area (Å²) in [6.07, 6.45) is 1.10. The van der Waals surface area contributed by atoms with Crippen LogP contribution in [0.5, 0.6) is 0 Å². The Morgan fingerprint density at radius 1 is 1.17 bits per heavy atom. The quantitative estimate of drug-likeness (QED) is 0.781. The fraction of sp³-hybridized carbons (Fsp3) is 0.435. The molecule has 6 nitrogen and oxygen atoms in total. The minimum absolute atomic E-state index is 0.0354. The molecule has 4 rings (SSSR count). The summed E-state index contributed by atoms with van der Waals surface area (Å²) in [4.78, 5) is 41.0. The number of hydrogen-bond acceptors (Lipinski definition) is 5. The molecule has 2 heterocycles. The minimum Gasteiger partial charge on any atom is -0.466 e. The second kappa shape index (κ2) is 6.87. The average molecular weight is 394 g/mol. The van der Waals surface area contributed by atoms with E-state index in [2.05, 4.69) is 19.2 Å². The third-order valence-corrected chi connectivity index (χ3v) is 5.98. The second-order valence-electron chi connectivity index (χ2n) is 8.81. The van der Waals surface area contributed by atoms with Gasteiger partial charge in [0.05, 0.1) is 12.7 Å². The molecule has 1 atom stereocenters. The molecule has 0 aromatic heterocycles. The highest BCUT2D eigenvalue weighted by molar-refractivity contribution is 6.09. The number of methoxy groups -OCH3 is 1. The van der Waals surface area contributed by atoms with Crippen LogP contribution in [0.3, 0.4) is 0 Å². The number of carbonyl (C=O) groups excluding carboxylic acids is 3. The monoisotopic (exact) mass is 394 g/mol. The van der Waals surface area contributed by atoms with E-state index in [1.165, 1.54) is 7.11 Å². The molecule has 1 saturated heterocycles. The van der Waals surface area contributed by atoms with Crippen LogP contribution in [0.25, 0.3) is 0 Å². The van der Waals surface area contributed by atoms with Crippen molar-refractivity contribution in [1.82, 2.24) is 10.2 Å². The molecule has 0 bridgehead atoms. The molecule has 0 saturated carbocycles. The van der Waals surface area contributed by atoms with Crippen molar-refractivity contribution in [3.8, 4) is 0 Å². The van der Waals surface area contributed by atoms with Gasteiger partial charge in [0.2, 0.25) is 0 Å². The number of aryl methyl sites for hydroxylation is 1. The highest BCUT2D eigenvalue weighted by Crippen LogP contribution is 2.50. The summed E-state index contributed by atoms with van der Waals surface area (Å²) in [7, 11) is 1.31. The second-order valence-corrected chi connectivity index (χ2v) is 8.81. The number of fused-ring (bicyclic) bond motifs is 2. The molecule has 1 aromatic rings. The van der Waals surface area contributed by atoms with Crippen molar-refractivity contribution in [2.75, 3.05) is 20.2 Å². The van der Waals surface area contributed by atoms with Crippen molar-refractivity contribution >= 4 is 17.7 Å². The van der Waals surface area contributed by atoms with Gasteiger partial charge in [-0.2, -0.15) is 0 Å². The maximum atomic E-state index is 13.3. The third-order valence-electron chi connectivity index (χ3n) is 5.98. The number of carbonyl (C=O) groups is 3. The molecule has 1 N–H and O–H groups in total. The highest BCUT2D eigenvalue weighted by Gasteiger charge is 2.48. The van der Waals surface area contributed by atoms with Crippen LogP contribution in [0.2, 0.25) is 0 Å². The third kappa shape index (κ3) is 3.16. The average Bonchev–Trinajstić information content (AvgIpc) is 2.67. The molecular formula is C23H26N2O4. The molecule has 1 aliphatic carbocycles. The van der Waals surface area contributed by atoms with Crippen molar-refractivity contribution in [3.63, 3.8) is 0 Å². The number of nitrogens with one attached hydrogen (secondary N) is 1. The number of rotatable bonds is 2. The first-order valence-corrected chi connectivity index (χ1v) is 9.94. The van der Waals surface area contributed by atoms with Crippen molar-refractivity contribution in [1.29, 1.82) is 0 Å². The number of piperazine rings is 1. The van der Waals surface area contributed by atoms with Gasteiger partial charge in [0, 0.05) is 36.7 Å². The lowest BCUT2D eigenvalue weighted by molar-refractivity contribution is -0.137. The Bertz CT molecular complexity index is 969. The number of ether oxygens (including phenoxy) is 1. The maximum Gasteiger partial charge on any atom is 0.337 e. The Morgan fingerprint density at radius 3 is 2.52 bits per heavy atom. The van der Waals surface area contributed by atoms with Crippen LogP contribution >= 0.6 is 0 Å². The Morgan fingerprint density at radius 2 is 1.86 bits per heavy atom. The Labute approximate surface area is 170 Å². The normalized spacial score (nSPS) is 23.4. The first-order chi connectivity index (χ1) is 13.7. The van der Waals surface area contributed by atoms with E-state index in [1.807, 2.05) is 36.1 Å². The van der Waals surface area contributed by atoms with Crippen LogP contribution in [0, 0.1) is 12.3 Å². The Balaban J connectivity index is 2.01. The van der Waals surface area contributed by atoms with Crippen LogP contribution in [-0.2, 0) is 19.1 Å². The Kier molecular flexibility index (Phi) is 4.60. The van der Waals surface area contributed by atoms with Gasteiger partial charge in [-0.1, -0.05) is 43.7 Å². The summed E-state index contributed by atoms with van der Waals surface area (Å²) in [5.74, 6) is -1.43. The summed E-state index contributed by atoms with van der Waals surface area (Å²) in [5, 5.41) is 2.84. The lowest BCUT2D eigenvalue weighted by atomic mass is 9.67. The van der Waals surface area contributed by atoms with Crippen molar-refractivity contribution in [2.45, 2.75) is 39.5 Å². The lowest BCUT2D eigenvalue weighted by Crippen LogP contribution is -2.51. The predicted octanol–water partition coefficient (Wildman–Crippen LogP) is 2.59. The van der Waals surface area contributed by atoms with E-state index in [9.17, 15) is 14.4 Å². The van der Waals surface area contributed by atoms with Gasteiger partial charge in [-0.05, 0) is 24.3 Å². The van der Waals surface area contributed by atoms with E-state index in [0.29, 0.717) is 37.2 Å². The molecule has 152 valence electrons. The molecule has 3 aliphatic rings. The van der Waals surface area contributed by atoms with Gasteiger partial charge in [-0.15, -0.1) is 0 Å². The van der Waals surface area contributed by atoms with Crippen LogP contribution in [0.1, 0.15) is 43.7 Å². The van der Waals surface area contributed by atoms with Crippen molar-refractivity contribution in [2.24, 2.45) is 5.41 Å². The van der Waals surface area contributed by atoms with Gasteiger partial charge in [0.1, 0.15) is 5.70 Å². The summed E-state index contributed by atoms with van der Waals surface area (Å²) < 4.78 is 5.08. The maximum absolute atomic E-state index is 13.3. The smallest absolute Gasteiger partial charge is 0.337 e. The number of esters is 1. The largest absolute Gasteiger partial charge is 0.466 e. The molecule has 0 unspecified atom stereocenters. The summed E-state index contributed by atoms with van der Waals surface area (Å²) in [5.41, 5.74) is 3.77. The van der Waals surface area contributed by atoms with Crippen molar-refractivity contribution < 1.29 is 19.1 Å².